The Bertz CT molecular complexity index is 352. The number of carboxylic acids is 1. The lowest BCUT2D eigenvalue weighted by molar-refractivity contribution is -0.137. The first-order valence-corrected chi connectivity index (χ1v) is 11.1. The second-order valence-electron chi connectivity index (χ2n) is 8.35. The molecule has 0 heterocycles. The van der Waals surface area contributed by atoms with Crippen LogP contribution >= 0.6 is 0 Å². The summed E-state index contributed by atoms with van der Waals surface area (Å²) in [5, 5.41) is 8.93. The van der Waals surface area contributed by atoms with E-state index in [0.29, 0.717) is 12.5 Å². The zero-order valence-electron chi connectivity index (χ0n) is 17.7. The van der Waals surface area contributed by atoms with Gasteiger partial charge in [-0.3, -0.25) is 4.79 Å². The van der Waals surface area contributed by atoms with Gasteiger partial charge in [0.05, 0.1) is 0 Å². The summed E-state index contributed by atoms with van der Waals surface area (Å²) in [6, 6.07) is 0. The molecule has 2 atom stereocenters. The molecule has 0 aromatic heterocycles. The minimum atomic E-state index is -0.686. The van der Waals surface area contributed by atoms with Gasteiger partial charge >= 0.3 is 5.97 Å². The maximum Gasteiger partial charge on any atom is 0.303 e. The van der Waals surface area contributed by atoms with Gasteiger partial charge in [0.15, 0.2) is 0 Å². The van der Waals surface area contributed by atoms with E-state index < -0.39 is 5.97 Å². The summed E-state index contributed by atoms with van der Waals surface area (Å²) in [6.45, 7) is 7.51. The number of unbranched alkanes of at least 4 members (excludes halogenated alkanes) is 4. The maximum absolute atomic E-state index is 10.9. The lowest BCUT2D eigenvalue weighted by Gasteiger charge is -2.21. The molecule has 0 radical (unpaired) electrons. The molecule has 154 valence electrons. The molecule has 0 aromatic carbocycles. The molecule has 0 amide bonds. The average molecular weight is 368 g/mol. The fraction of sp³-hybridized carbons (Fsp3) is 0.870. The highest BCUT2D eigenvalue weighted by molar-refractivity contribution is 5.66. The van der Waals surface area contributed by atoms with Crippen LogP contribution in [-0.2, 0) is 4.79 Å². The molecule has 0 aliphatic carbocycles. The normalized spacial score (nSPS) is 14.2. The topological polar surface area (TPSA) is 63.3 Å². The molecular formula is C23H45NO2. The van der Waals surface area contributed by atoms with Crippen molar-refractivity contribution in [3.05, 3.63) is 12.2 Å². The Kier molecular flexibility index (Phi) is 17.0. The van der Waals surface area contributed by atoms with E-state index in [2.05, 4.69) is 32.9 Å². The van der Waals surface area contributed by atoms with Gasteiger partial charge in [-0.15, -0.1) is 0 Å². The van der Waals surface area contributed by atoms with Crippen molar-refractivity contribution < 1.29 is 9.90 Å². The standard InChI is InChI=1S/C23H45NO2/c1-4-5-6-7-8-9-10-11-21(13-12-20(2)3)14-15-22(18-19-24)16-17-23(25)26/h9-10,20-22H,4-8,11-19,24H2,1-3H3,(H,25,26). The number of hydrogen-bond acceptors (Lipinski definition) is 2. The number of aliphatic carboxylic acids is 1. The fourth-order valence-electron chi connectivity index (χ4n) is 3.51. The molecule has 3 N–H and O–H groups in total. The molecule has 3 heteroatoms. The summed E-state index contributed by atoms with van der Waals surface area (Å²) in [5.41, 5.74) is 5.73. The van der Waals surface area contributed by atoms with Gasteiger partial charge in [-0.1, -0.05) is 65.0 Å². The highest BCUT2D eigenvalue weighted by Crippen LogP contribution is 2.26. The van der Waals surface area contributed by atoms with Gasteiger partial charge in [-0.2, -0.15) is 0 Å². The Hall–Kier alpha value is -0.830. The van der Waals surface area contributed by atoms with Crippen molar-refractivity contribution in [2.45, 2.75) is 104 Å². The van der Waals surface area contributed by atoms with Crippen LogP contribution in [-0.4, -0.2) is 17.6 Å². The molecule has 0 aliphatic rings. The van der Waals surface area contributed by atoms with Crippen molar-refractivity contribution in [1.29, 1.82) is 0 Å². The monoisotopic (exact) mass is 367 g/mol. The Morgan fingerprint density at radius 3 is 2.23 bits per heavy atom. The zero-order chi connectivity index (χ0) is 19.6. The van der Waals surface area contributed by atoms with Gasteiger partial charge in [0.2, 0.25) is 0 Å². The van der Waals surface area contributed by atoms with Crippen molar-refractivity contribution in [3.8, 4) is 0 Å². The summed E-state index contributed by atoms with van der Waals surface area (Å²) in [7, 11) is 0. The Balaban J connectivity index is 4.32. The van der Waals surface area contributed by atoms with E-state index in [9.17, 15) is 4.79 Å². The molecule has 0 saturated carbocycles. The summed E-state index contributed by atoms with van der Waals surface area (Å²) in [6.07, 6.45) is 19.4. The largest absolute Gasteiger partial charge is 0.481 e. The zero-order valence-corrected chi connectivity index (χ0v) is 17.7. The summed E-state index contributed by atoms with van der Waals surface area (Å²) >= 11 is 0. The van der Waals surface area contributed by atoms with Crippen LogP contribution in [0.3, 0.4) is 0 Å². The average Bonchev–Trinajstić information content (AvgIpc) is 2.59. The molecule has 2 unspecified atom stereocenters. The van der Waals surface area contributed by atoms with E-state index in [4.69, 9.17) is 10.8 Å². The van der Waals surface area contributed by atoms with E-state index >= 15 is 0 Å². The molecule has 0 fully saturated rings. The van der Waals surface area contributed by atoms with Crippen molar-refractivity contribution in [1.82, 2.24) is 0 Å². The van der Waals surface area contributed by atoms with Crippen LogP contribution in [0.15, 0.2) is 12.2 Å². The first-order chi connectivity index (χ1) is 12.5. The number of allylic oxidation sites excluding steroid dienone is 2. The van der Waals surface area contributed by atoms with Crippen LogP contribution in [0.2, 0.25) is 0 Å². The van der Waals surface area contributed by atoms with Crippen LogP contribution in [0.5, 0.6) is 0 Å². The molecule has 0 spiro atoms. The molecular weight excluding hydrogens is 322 g/mol. The third-order valence-electron chi connectivity index (χ3n) is 5.34. The Labute approximate surface area is 162 Å². The fourth-order valence-corrected chi connectivity index (χ4v) is 3.51. The number of nitrogens with two attached hydrogens (primary N) is 1. The molecule has 0 aromatic rings. The molecule has 0 saturated heterocycles. The minimum Gasteiger partial charge on any atom is -0.481 e. The second kappa shape index (κ2) is 17.6. The molecule has 0 bridgehead atoms. The van der Waals surface area contributed by atoms with Gasteiger partial charge in [0.25, 0.3) is 0 Å². The minimum absolute atomic E-state index is 0.277. The van der Waals surface area contributed by atoms with Crippen LogP contribution in [0.1, 0.15) is 104 Å². The number of hydrogen-bond donors (Lipinski definition) is 2. The Morgan fingerprint density at radius 1 is 0.923 bits per heavy atom. The van der Waals surface area contributed by atoms with Gasteiger partial charge < -0.3 is 10.8 Å². The summed E-state index contributed by atoms with van der Waals surface area (Å²) in [5.74, 6) is 1.27. The van der Waals surface area contributed by atoms with E-state index in [1.165, 1.54) is 57.8 Å². The molecule has 3 nitrogen and oxygen atoms in total. The van der Waals surface area contributed by atoms with E-state index in [1.54, 1.807) is 0 Å². The maximum atomic E-state index is 10.9. The van der Waals surface area contributed by atoms with Gasteiger partial charge in [0.1, 0.15) is 0 Å². The third-order valence-corrected chi connectivity index (χ3v) is 5.34. The first-order valence-electron chi connectivity index (χ1n) is 11.1. The predicted octanol–water partition coefficient (Wildman–Crippen LogP) is 6.57. The number of carboxylic acid groups (broad SMARTS) is 1. The van der Waals surface area contributed by atoms with Gasteiger partial charge in [-0.25, -0.2) is 0 Å². The first kappa shape index (κ1) is 25.2. The summed E-state index contributed by atoms with van der Waals surface area (Å²) < 4.78 is 0. The van der Waals surface area contributed by atoms with E-state index in [-0.39, 0.29) is 6.42 Å². The molecule has 0 aliphatic heterocycles. The lowest BCUT2D eigenvalue weighted by atomic mass is 9.85. The van der Waals surface area contributed by atoms with Crippen molar-refractivity contribution in [2.75, 3.05) is 6.54 Å². The van der Waals surface area contributed by atoms with Crippen LogP contribution < -0.4 is 5.73 Å². The van der Waals surface area contributed by atoms with Gasteiger partial charge in [0, 0.05) is 6.42 Å². The SMILES string of the molecule is CCCCCCC=CCC(CCC(C)C)CCC(CCN)CCC(=O)O. The number of carbonyl (C=O) groups is 1. The van der Waals surface area contributed by atoms with Crippen LogP contribution in [0, 0.1) is 17.8 Å². The van der Waals surface area contributed by atoms with Crippen molar-refractivity contribution >= 4 is 5.97 Å². The highest BCUT2D eigenvalue weighted by Gasteiger charge is 2.14. The van der Waals surface area contributed by atoms with E-state index in [1.807, 2.05) is 0 Å². The van der Waals surface area contributed by atoms with E-state index in [0.717, 1.165) is 31.1 Å². The van der Waals surface area contributed by atoms with Crippen molar-refractivity contribution in [2.24, 2.45) is 23.5 Å². The smallest absolute Gasteiger partial charge is 0.303 e. The Morgan fingerprint density at radius 2 is 1.62 bits per heavy atom. The van der Waals surface area contributed by atoms with Gasteiger partial charge in [-0.05, 0) is 69.2 Å². The van der Waals surface area contributed by atoms with Crippen LogP contribution in [0.4, 0.5) is 0 Å². The summed E-state index contributed by atoms with van der Waals surface area (Å²) in [4.78, 5) is 10.9. The van der Waals surface area contributed by atoms with Crippen LogP contribution in [0.25, 0.3) is 0 Å². The molecule has 26 heavy (non-hydrogen) atoms. The third kappa shape index (κ3) is 16.6. The quantitative estimate of drug-likeness (QED) is 0.213. The lowest BCUT2D eigenvalue weighted by Crippen LogP contribution is -2.13. The number of rotatable bonds is 18. The highest BCUT2D eigenvalue weighted by atomic mass is 16.4. The molecule has 0 rings (SSSR count). The van der Waals surface area contributed by atoms with Crippen molar-refractivity contribution in [3.63, 3.8) is 0 Å². The predicted molar refractivity (Wildman–Crippen MR) is 113 cm³/mol. The second-order valence-corrected chi connectivity index (χ2v) is 8.35.